The normalized spacial score (nSPS) is 12.0. The van der Waals surface area contributed by atoms with Gasteiger partial charge in [0.2, 0.25) is 0 Å². The minimum Gasteiger partial charge on any atom is -0.0928 e. The van der Waals surface area contributed by atoms with Gasteiger partial charge in [0, 0.05) is 5.33 Å². The summed E-state index contributed by atoms with van der Waals surface area (Å²) in [4.78, 5) is 0. The van der Waals surface area contributed by atoms with E-state index in [2.05, 4.69) is 36.3 Å². The topological polar surface area (TPSA) is 0 Å². The van der Waals surface area contributed by atoms with Crippen LogP contribution in [0, 0.1) is 0 Å². The third kappa shape index (κ3) is 14.0. The molecule has 0 fully saturated rings. The molecule has 0 aliphatic heterocycles. The van der Waals surface area contributed by atoms with Gasteiger partial charge in [-0.2, -0.15) is 0 Å². The Hall–Kier alpha value is 0.697. The molecule has 0 saturated carbocycles. The number of halogens is 1. The molecule has 0 radical (unpaired) electrons. The van der Waals surface area contributed by atoms with E-state index in [0.717, 1.165) is 0 Å². The number of alkyl halides is 1. The van der Waals surface area contributed by atoms with Crippen LogP contribution < -0.4 is 0 Å². The first-order valence-electron chi connectivity index (χ1n) is 9.74. The highest BCUT2D eigenvalue weighted by Crippen LogP contribution is 2.29. The molecule has 0 spiro atoms. The first-order valence-corrected chi connectivity index (χ1v) is 14.0. The summed E-state index contributed by atoms with van der Waals surface area (Å²) in [6, 6.07) is 4.82. The lowest BCUT2D eigenvalue weighted by Gasteiger charge is -2.28. The molecule has 0 aromatic carbocycles. The quantitative estimate of drug-likeness (QED) is 0.144. The van der Waals surface area contributed by atoms with Crippen molar-refractivity contribution in [1.82, 2.24) is 0 Å². The van der Waals surface area contributed by atoms with Crippen molar-refractivity contribution in [3.05, 3.63) is 0 Å². The first kappa shape index (κ1) is 21.7. The van der Waals surface area contributed by atoms with Crippen molar-refractivity contribution in [2.24, 2.45) is 0 Å². The van der Waals surface area contributed by atoms with Crippen LogP contribution in [0.25, 0.3) is 0 Å². The van der Waals surface area contributed by atoms with Gasteiger partial charge < -0.3 is 0 Å². The second-order valence-electron chi connectivity index (χ2n) is 7.29. The van der Waals surface area contributed by atoms with Crippen LogP contribution in [0.2, 0.25) is 24.7 Å². The fourth-order valence-corrected chi connectivity index (χ4v) is 7.79. The Balaban J connectivity index is 3.98. The zero-order valence-corrected chi connectivity index (χ0v) is 17.8. The number of unbranched alkanes of at least 4 members (excludes halogenated alkanes) is 9. The van der Waals surface area contributed by atoms with Crippen LogP contribution in [0.5, 0.6) is 0 Å². The van der Waals surface area contributed by atoms with Gasteiger partial charge in [0.25, 0.3) is 0 Å². The molecule has 0 aliphatic rings. The summed E-state index contributed by atoms with van der Waals surface area (Å²) >= 11 is 3.55. The van der Waals surface area contributed by atoms with E-state index in [4.69, 9.17) is 0 Å². The van der Waals surface area contributed by atoms with Gasteiger partial charge in [-0.05, 0) is 6.42 Å². The number of hydrogen-bond donors (Lipinski definition) is 0. The van der Waals surface area contributed by atoms with E-state index in [9.17, 15) is 0 Å². The molecule has 0 aromatic rings. The Morgan fingerprint density at radius 2 is 0.952 bits per heavy atom. The van der Waals surface area contributed by atoms with Crippen LogP contribution in [0.4, 0.5) is 0 Å². The highest BCUT2D eigenvalue weighted by molar-refractivity contribution is 9.09. The Morgan fingerprint density at radius 1 is 0.571 bits per heavy atom. The lowest BCUT2D eigenvalue weighted by Crippen LogP contribution is -2.29. The second kappa shape index (κ2) is 15.6. The average Bonchev–Trinajstić information content (AvgIpc) is 2.48. The van der Waals surface area contributed by atoms with Gasteiger partial charge in [0.15, 0.2) is 0 Å². The molecule has 0 saturated heterocycles. The van der Waals surface area contributed by atoms with Gasteiger partial charge in [-0.15, -0.1) is 0 Å². The van der Waals surface area contributed by atoms with Crippen LogP contribution in [-0.2, 0) is 0 Å². The van der Waals surface area contributed by atoms with E-state index in [1.807, 2.05) is 0 Å². The number of rotatable bonds is 16. The van der Waals surface area contributed by atoms with E-state index in [0.29, 0.717) is 0 Å². The van der Waals surface area contributed by atoms with Gasteiger partial charge in [-0.3, -0.25) is 0 Å². The zero-order chi connectivity index (χ0) is 15.8. The summed E-state index contributed by atoms with van der Waals surface area (Å²) in [5.74, 6) is 0. The SMILES string of the molecule is CCCCCC[Si](C)(CCCCCC)CCCCCCBr. The van der Waals surface area contributed by atoms with Crippen LogP contribution in [0.15, 0.2) is 0 Å². The summed E-state index contributed by atoms with van der Waals surface area (Å²) in [7, 11) is -0.921. The highest BCUT2D eigenvalue weighted by atomic mass is 79.9. The van der Waals surface area contributed by atoms with Gasteiger partial charge >= 0.3 is 0 Å². The molecule has 0 bridgehead atoms. The Bertz CT molecular complexity index is 194. The Morgan fingerprint density at radius 3 is 1.33 bits per heavy atom. The average molecular weight is 378 g/mol. The molecule has 0 N–H and O–H groups in total. The van der Waals surface area contributed by atoms with Crippen molar-refractivity contribution in [2.45, 2.75) is 116 Å². The lowest BCUT2D eigenvalue weighted by molar-refractivity contribution is 0.667. The third-order valence-electron chi connectivity index (χ3n) is 4.93. The second-order valence-corrected chi connectivity index (χ2v) is 13.2. The van der Waals surface area contributed by atoms with Crippen molar-refractivity contribution in [2.75, 3.05) is 5.33 Å². The standard InChI is InChI=1S/C19H41BrSi/c1-4-6-8-13-17-21(3,18-14-9-7-5-2)19-15-11-10-12-16-20/h4-19H2,1-3H3. The third-order valence-corrected chi connectivity index (χ3v) is 10.2. The van der Waals surface area contributed by atoms with Crippen molar-refractivity contribution in [3.8, 4) is 0 Å². The molecule has 0 aliphatic carbocycles. The molecular weight excluding hydrogens is 336 g/mol. The Kier molecular flexibility index (Phi) is 16.1. The van der Waals surface area contributed by atoms with Gasteiger partial charge in [-0.25, -0.2) is 0 Å². The van der Waals surface area contributed by atoms with Crippen LogP contribution in [-0.4, -0.2) is 13.4 Å². The minimum atomic E-state index is -0.921. The number of hydrogen-bond acceptors (Lipinski definition) is 0. The molecule has 0 rings (SSSR count). The lowest BCUT2D eigenvalue weighted by atomic mass is 10.2. The van der Waals surface area contributed by atoms with E-state index < -0.39 is 8.07 Å². The van der Waals surface area contributed by atoms with E-state index in [1.54, 1.807) is 18.1 Å². The highest BCUT2D eigenvalue weighted by Gasteiger charge is 2.25. The summed E-state index contributed by atoms with van der Waals surface area (Å²) in [5.41, 5.74) is 0. The molecule has 0 unspecified atom stereocenters. The van der Waals surface area contributed by atoms with Crippen LogP contribution in [0.3, 0.4) is 0 Å². The van der Waals surface area contributed by atoms with Gasteiger partial charge in [-0.1, -0.05) is 125 Å². The van der Waals surface area contributed by atoms with Crippen molar-refractivity contribution < 1.29 is 0 Å². The zero-order valence-electron chi connectivity index (χ0n) is 15.2. The summed E-state index contributed by atoms with van der Waals surface area (Å²) in [6.45, 7) is 7.37. The molecule has 0 aromatic heterocycles. The first-order chi connectivity index (χ1) is 10.2. The van der Waals surface area contributed by atoms with E-state index in [1.165, 1.54) is 82.4 Å². The molecule has 128 valence electrons. The van der Waals surface area contributed by atoms with Gasteiger partial charge in [0.1, 0.15) is 0 Å². The maximum absolute atomic E-state index is 3.55. The molecule has 0 amide bonds. The molecule has 0 atom stereocenters. The summed E-state index contributed by atoms with van der Waals surface area (Å²) < 4.78 is 0. The largest absolute Gasteiger partial charge is 0.0928 e. The fourth-order valence-electron chi connectivity index (χ4n) is 3.33. The van der Waals surface area contributed by atoms with Crippen LogP contribution in [0.1, 0.15) is 90.9 Å². The smallest absolute Gasteiger partial charge is 0.0504 e. The predicted molar refractivity (Wildman–Crippen MR) is 107 cm³/mol. The predicted octanol–water partition coefficient (Wildman–Crippen LogP) is 8.18. The van der Waals surface area contributed by atoms with E-state index >= 15 is 0 Å². The maximum Gasteiger partial charge on any atom is 0.0504 e. The molecular formula is C19H41BrSi. The molecule has 2 heteroatoms. The van der Waals surface area contributed by atoms with Gasteiger partial charge in [0.05, 0.1) is 8.07 Å². The van der Waals surface area contributed by atoms with Crippen molar-refractivity contribution in [3.63, 3.8) is 0 Å². The van der Waals surface area contributed by atoms with Crippen LogP contribution >= 0.6 is 15.9 Å². The van der Waals surface area contributed by atoms with Crippen molar-refractivity contribution in [1.29, 1.82) is 0 Å². The van der Waals surface area contributed by atoms with Crippen molar-refractivity contribution >= 4 is 24.0 Å². The molecule has 0 nitrogen and oxygen atoms in total. The monoisotopic (exact) mass is 376 g/mol. The Labute approximate surface area is 145 Å². The maximum atomic E-state index is 3.55. The summed E-state index contributed by atoms with van der Waals surface area (Å²) in [6.07, 6.45) is 17.4. The molecule has 0 heterocycles. The fraction of sp³-hybridized carbons (Fsp3) is 1.00. The van der Waals surface area contributed by atoms with E-state index in [-0.39, 0.29) is 0 Å². The summed E-state index contributed by atoms with van der Waals surface area (Å²) in [5, 5.41) is 1.19. The molecule has 21 heavy (non-hydrogen) atoms. The minimum absolute atomic E-state index is 0.921.